The molecular weight excluding hydrogens is 982 g/mol. The van der Waals surface area contributed by atoms with Crippen LogP contribution in [0.1, 0.15) is 33.4 Å². The molecule has 0 aliphatic rings. The maximum atomic E-state index is 14.1. The lowest BCUT2D eigenvalue weighted by molar-refractivity contribution is -0.384. The highest BCUT2D eigenvalue weighted by atomic mass is 33.1. The molecule has 0 heterocycles. The van der Waals surface area contributed by atoms with Crippen molar-refractivity contribution in [2.75, 3.05) is 63.7 Å². The van der Waals surface area contributed by atoms with Gasteiger partial charge in [0.1, 0.15) is 28.5 Å². The summed E-state index contributed by atoms with van der Waals surface area (Å²) in [7, 11) is 5.47. The largest absolute Gasteiger partial charge is 0.530 e. The van der Waals surface area contributed by atoms with Gasteiger partial charge >= 0.3 is 7.82 Å². The predicted octanol–water partition coefficient (Wildman–Crippen LogP) is 13.9. The molecule has 11 nitrogen and oxygen atoms in total. The molecule has 0 radical (unpaired) electrons. The Bertz CT molecular complexity index is 2440. The zero-order chi connectivity index (χ0) is 48.9. The van der Waals surface area contributed by atoms with E-state index in [-0.39, 0.29) is 24.7 Å². The summed E-state index contributed by atoms with van der Waals surface area (Å²) in [5.41, 5.74) is 4.08. The van der Waals surface area contributed by atoms with E-state index in [0.717, 1.165) is 44.9 Å². The van der Waals surface area contributed by atoms with Gasteiger partial charge in [0.15, 0.2) is 0 Å². The fourth-order valence-corrected chi connectivity index (χ4v) is 12.5. The average Bonchev–Trinajstić information content (AvgIpc) is 3.41. The maximum Gasteiger partial charge on any atom is 0.530 e. The topological polar surface area (TPSA) is 125 Å². The van der Waals surface area contributed by atoms with E-state index >= 15 is 0 Å². The van der Waals surface area contributed by atoms with Crippen molar-refractivity contribution in [3.8, 4) is 17.2 Å². The number of hydrogen-bond acceptors (Lipinski definition) is 14. The second kappa shape index (κ2) is 26.9. The summed E-state index contributed by atoms with van der Waals surface area (Å²) < 4.78 is 56.4. The number of rotatable bonds is 29. The third-order valence-electron chi connectivity index (χ3n) is 10.9. The van der Waals surface area contributed by atoms with Gasteiger partial charge in [0.2, 0.25) is 0 Å². The quantitative estimate of drug-likeness (QED) is 0.0110. The number of phosphoric acid groups is 1. The second-order valence-corrected chi connectivity index (χ2v) is 22.2. The van der Waals surface area contributed by atoms with Crippen LogP contribution in [0.5, 0.6) is 17.2 Å². The van der Waals surface area contributed by atoms with Crippen molar-refractivity contribution < 1.29 is 42.0 Å². The van der Waals surface area contributed by atoms with Gasteiger partial charge in [-0.2, -0.15) is 0 Å². The smallest absolute Gasteiger partial charge is 0.497 e. The van der Waals surface area contributed by atoms with Gasteiger partial charge in [-0.05, 0) is 69.8 Å². The van der Waals surface area contributed by atoms with Crippen molar-refractivity contribution in [1.29, 1.82) is 0 Å². The molecule has 0 aliphatic heterocycles. The first-order valence-corrected chi connectivity index (χ1v) is 28.8. The van der Waals surface area contributed by atoms with Gasteiger partial charge in [0, 0.05) is 35.1 Å². The Kier molecular flexibility index (Phi) is 20.2. The predicted molar refractivity (Wildman–Crippen MR) is 286 cm³/mol. The number of non-ortho nitro benzene ring substituents is 1. The zero-order valence-corrected chi connectivity index (χ0v) is 42.9. The number of benzene rings is 7. The van der Waals surface area contributed by atoms with E-state index in [2.05, 4.69) is 48.5 Å². The third-order valence-corrected chi connectivity index (χ3v) is 17.0. The van der Waals surface area contributed by atoms with Crippen LogP contribution in [0, 0.1) is 10.1 Å². The first-order valence-electron chi connectivity index (χ1n) is 22.4. The van der Waals surface area contributed by atoms with E-state index < -0.39 is 23.9 Å². The molecule has 16 heteroatoms. The van der Waals surface area contributed by atoms with Crippen molar-refractivity contribution in [1.82, 2.24) is 0 Å². The van der Waals surface area contributed by atoms with E-state index in [4.69, 9.17) is 32.5 Å². The molecule has 7 rings (SSSR count). The highest BCUT2D eigenvalue weighted by Gasteiger charge is 2.39. The highest BCUT2D eigenvalue weighted by molar-refractivity contribution is 8.77. The van der Waals surface area contributed by atoms with Crippen LogP contribution in [0.15, 0.2) is 194 Å². The Hall–Kier alpha value is -5.19. The number of nitro groups is 1. The molecule has 0 fully saturated rings. The van der Waals surface area contributed by atoms with E-state index in [1.165, 1.54) is 24.3 Å². The van der Waals surface area contributed by atoms with Gasteiger partial charge in [-0.15, -0.1) is 0 Å². The van der Waals surface area contributed by atoms with Crippen LogP contribution in [-0.2, 0) is 34.3 Å². The summed E-state index contributed by atoms with van der Waals surface area (Å²) in [5.74, 6) is 3.88. The van der Waals surface area contributed by atoms with Gasteiger partial charge in [-0.25, -0.2) is 4.57 Å². The lowest BCUT2D eigenvalue weighted by atomic mass is 9.80. The molecular formula is C54H54NO10PS4. The Morgan fingerprint density at radius 3 is 1.04 bits per heavy atom. The minimum absolute atomic E-state index is 0.0601. The van der Waals surface area contributed by atoms with Gasteiger partial charge in [0.25, 0.3) is 5.69 Å². The van der Waals surface area contributed by atoms with Crippen LogP contribution < -0.4 is 14.0 Å². The lowest BCUT2D eigenvalue weighted by Crippen LogP contribution is -2.33. The van der Waals surface area contributed by atoms with Gasteiger partial charge in [-0.1, -0.05) is 189 Å². The van der Waals surface area contributed by atoms with Gasteiger partial charge in [-0.3, -0.25) is 19.2 Å². The Morgan fingerprint density at radius 1 is 0.429 bits per heavy atom. The SMILES string of the molecule is COc1ccc(C(OCCSSCCOP(=O)(OCCSSCCOC(c2ccccc2)(c2ccccc2)c2ccc(OC)cc2)Oc2ccc([N+](=O)[O-])cc2)(c2ccccc2)c2ccccc2)cc1. The fourth-order valence-electron chi connectivity index (χ4n) is 7.75. The van der Waals surface area contributed by atoms with E-state index in [9.17, 15) is 14.7 Å². The number of phosphoric ester groups is 1. The summed E-state index contributed by atoms with van der Waals surface area (Å²) >= 11 is 0. The van der Waals surface area contributed by atoms with Crippen LogP contribution >= 0.6 is 51.0 Å². The van der Waals surface area contributed by atoms with Crippen molar-refractivity contribution in [2.24, 2.45) is 0 Å². The minimum Gasteiger partial charge on any atom is -0.497 e. The summed E-state index contributed by atoms with van der Waals surface area (Å²) in [4.78, 5) is 10.8. The van der Waals surface area contributed by atoms with Crippen LogP contribution in [0.2, 0.25) is 0 Å². The van der Waals surface area contributed by atoms with Gasteiger partial charge < -0.3 is 23.5 Å². The highest BCUT2D eigenvalue weighted by Crippen LogP contribution is 2.50. The minimum atomic E-state index is -4.15. The van der Waals surface area contributed by atoms with Crippen LogP contribution in [0.25, 0.3) is 0 Å². The molecule has 364 valence electrons. The van der Waals surface area contributed by atoms with Crippen molar-refractivity contribution in [3.63, 3.8) is 0 Å². The molecule has 0 spiro atoms. The molecule has 0 unspecified atom stereocenters. The number of ether oxygens (including phenoxy) is 4. The molecule has 0 aromatic heterocycles. The summed E-state index contributed by atoms with van der Waals surface area (Å²) in [6, 6.07) is 62.0. The number of nitrogens with zero attached hydrogens (tertiary/aromatic N) is 1. The molecule has 7 aromatic rings. The summed E-state index contributed by atoms with van der Waals surface area (Å²) in [5, 5.41) is 11.3. The third kappa shape index (κ3) is 13.8. The van der Waals surface area contributed by atoms with Crippen molar-refractivity contribution >= 4 is 56.7 Å². The molecule has 0 amide bonds. The molecule has 0 N–H and O–H groups in total. The second-order valence-electron chi connectivity index (χ2n) is 15.2. The standard InChI is InChI=1S/C54H54NO10PS4/c1-59-50-29-23-47(24-30-50)53(43-15-7-3-8-16-43,44-17-9-4-10-18-44)61-35-39-67-69-41-37-63-66(58,65-52-33-27-49(28-34-52)55(56)57)64-38-42-70-68-40-36-62-54(45-19-11-5-12-20-45,46-21-13-6-14-22-46)48-25-31-51(60-2)32-26-48/h3-34H,35-42H2,1-2H3. The van der Waals surface area contributed by atoms with Crippen molar-refractivity contribution in [3.05, 3.63) is 238 Å². The molecule has 0 atom stereocenters. The number of hydrogen-bond donors (Lipinski definition) is 0. The van der Waals surface area contributed by atoms with E-state index in [0.29, 0.717) is 36.2 Å². The summed E-state index contributed by atoms with van der Waals surface area (Å²) in [6.07, 6.45) is 0. The van der Waals surface area contributed by atoms with Crippen LogP contribution in [0.4, 0.5) is 5.69 Å². The van der Waals surface area contributed by atoms with E-state index in [1.807, 2.05) is 121 Å². The van der Waals surface area contributed by atoms with Crippen LogP contribution in [0.3, 0.4) is 0 Å². The maximum absolute atomic E-state index is 14.1. The normalized spacial score (nSPS) is 11.8. The molecule has 7 aromatic carbocycles. The molecule has 0 aliphatic carbocycles. The van der Waals surface area contributed by atoms with Crippen molar-refractivity contribution in [2.45, 2.75) is 11.2 Å². The van der Waals surface area contributed by atoms with E-state index in [1.54, 1.807) is 57.4 Å². The molecule has 70 heavy (non-hydrogen) atoms. The zero-order valence-electron chi connectivity index (χ0n) is 38.7. The molecule has 0 saturated heterocycles. The fraction of sp³-hybridized carbons (Fsp3) is 0.222. The Morgan fingerprint density at radius 2 is 0.729 bits per heavy atom. The lowest BCUT2D eigenvalue weighted by Gasteiger charge is -2.36. The number of nitro benzene ring substituents is 1. The first kappa shape index (κ1) is 52.6. The Labute approximate surface area is 425 Å². The molecule has 0 saturated carbocycles. The Balaban J connectivity index is 0.923. The van der Waals surface area contributed by atoms with Gasteiger partial charge in [0.05, 0.1) is 45.6 Å². The monoisotopic (exact) mass is 1040 g/mol. The first-order chi connectivity index (χ1) is 34.3. The number of methoxy groups -OCH3 is 2. The summed E-state index contributed by atoms with van der Waals surface area (Å²) in [6.45, 7) is 0.963. The molecule has 0 bridgehead atoms. The van der Waals surface area contributed by atoms with Crippen LogP contribution in [-0.4, -0.2) is 68.6 Å². The average molecular weight is 1040 g/mol.